The van der Waals surface area contributed by atoms with E-state index in [0.717, 1.165) is 6.07 Å². The van der Waals surface area contributed by atoms with Crippen LogP contribution in [0.2, 0.25) is 0 Å². The van der Waals surface area contributed by atoms with Crippen molar-refractivity contribution in [2.75, 3.05) is 7.11 Å². The van der Waals surface area contributed by atoms with Crippen molar-refractivity contribution in [3.05, 3.63) is 17.2 Å². The van der Waals surface area contributed by atoms with Crippen LogP contribution in [0.4, 0.5) is 0 Å². The molecule has 0 bridgehead atoms. The van der Waals surface area contributed by atoms with E-state index in [0.29, 0.717) is 5.56 Å². The second-order valence-corrected chi connectivity index (χ2v) is 3.00. The fourth-order valence-corrected chi connectivity index (χ4v) is 1.33. The lowest BCUT2D eigenvalue weighted by atomic mass is 10.0. The topological polar surface area (TPSA) is 66.8 Å². The number of Topliss-reactive ketones (excluding diaryl/α,β-unsaturated/α-hetero) is 1. The minimum atomic E-state index is -0.303. The number of ketones is 1. The summed E-state index contributed by atoms with van der Waals surface area (Å²) in [7, 11) is 1.38. The number of aromatic hydroxyl groups is 2. The fourth-order valence-electron chi connectivity index (χ4n) is 1.33. The zero-order valence-electron chi connectivity index (χ0n) is 8.29. The molecule has 0 saturated heterocycles. The van der Waals surface area contributed by atoms with Crippen LogP contribution in [0.15, 0.2) is 6.07 Å². The molecule has 0 amide bonds. The molecule has 4 nitrogen and oxygen atoms in total. The van der Waals surface area contributed by atoms with Gasteiger partial charge in [0.2, 0.25) is 0 Å². The van der Waals surface area contributed by atoms with Crippen LogP contribution < -0.4 is 4.74 Å². The Hall–Kier alpha value is -1.71. The zero-order valence-corrected chi connectivity index (χ0v) is 8.29. The third kappa shape index (κ3) is 1.51. The van der Waals surface area contributed by atoms with Gasteiger partial charge in [-0.2, -0.15) is 0 Å². The Balaban J connectivity index is 3.55. The van der Waals surface area contributed by atoms with Crippen molar-refractivity contribution in [2.24, 2.45) is 0 Å². The van der Waals surface area contributed by atoms with Crippen LogP contribution in [-0.2, 0) is 0 Å². The van der Waals surface area contributed by atoms with E-state index >= 15 is 0 Å². The van der Waals surface area contributed by atoms with Crippen molar-refractivity contribution >= 4 is 5.78 Å². The van der Waals surface area contributed by atoms with Crippen molar-refractivity contribution < 1.29 is 19.7 Å². The Morgan fingerprint density at radius 1 is 1.36 bits per heavy atom. The predicted octanol–water partition coefficient (Wildman–Crippen LogP) is 1.62. The third-order valence-corrected chi connectivity index (χ3v) is 2.04. The summed E-state index contributed by atoms with van der Waals surface area (Å²) in [4.78, 5) is 11.2. The summed E-state index contributed by atoms with van der Waals surface area (Å²) in [5.74, 6) is -0.445. The molecule has 0 unspecified atom stereocenters. The number of hydrogen-bond donors (Lipinski definition) is 2. The number of hydrogen-bond acceptors (Lipinski definition) is 4. The number of carbonyl (C=O) groups excluding carboxylic acids is 1. The van der Waals surface area contributed by atoms with Crippen molar-refractivity contribution in [2.45, 2.75) is 13.8 Å². The molecule has 1 aromatic rings. The van der Waals surface area contributed by atoms with E-state index in [2.05, 4.69) is 0 Å². The number of carbonyl (C=O) groups is 1. The van der Waals surface area contributed by atoms with Crippen LogP contribution in [0.25, 0.3) is 0 Å². The van der Waals surface area contributed by atoms with E-state index in [-0.39, 0.29) is 28.6 Å². The van der Waals surface area contributed by atoms with Crippen LogP contribution in [0.5, 0.6) is 17.2 Å². The summed E-state index contributed by atoms with van der Waals surface area (Å²) in [5, 5.41) is 18.8. The first-order chi connectivity index (χ1) is 6.49. The molecule has 14 heavy (non-hydrogen) atoms. The van der Waals surface area contributed by atoms with E-state index in [1.807, 2.05) is 0 Å². The van der Waals surface area contributed by atoms with E-state index in [1.165, 1.54) is 14.0 Å². The quantitative estimate of drug-likeness (QED) is 0.705. The molecule has 76 valence electrons. The predicted molar refractivity (Wildman–Crippen MR) is 51.1 cm³/mol. The maximum absolute atomic E-state index is 11.2. The van der Waals surface area contributed by atoms with Gasteiger partial charge in [0, 0.05) is 11.6 Å². The normalized spacial score (nSPS) is 9.93. The Kier molecular flexibility index (Phi) is 2.65. The largest absolute Gasteiger partial charge is 0.507 e. The molecule has 1 aromatic carbocycles. The molecule has 0 aliphatic rings. The van der Waals surface area contributed by atoms with Gasteiger partial charge in [-0.25, -0.2) is 0 Å². The summed E-state index contributed by atoms with van der Waals surface area (Å²) >= 11 is 0. The van der Waals surface area contributed by atoms with Crippen LogP contribution in [0.1, 0.15) is 22.8 Å². The van der Waals surface area contributed by atoms with Crippen LogP contribution in [0, 0.1) is 6.92 Å². The molecule has 0 saturated carbocycles. The monoisotopic (exact) mass is 196 g/mol. The highest BCUT2D eigenvalue weighted by Gasteiger charge is 2.18. The SMILES string of the molecule is COc1c(C)c(O)cc(O)c1C(C)=O. The molecule has 0 aromatic heterocycles. The number of benzene rings is 1. The van der Waals surface area contributed by atoms with Crippen LogP contribution in [0.3, 0.4) is 0 Å². The first kappa shape index (κ1) is 10.4. The third-order valence-electron chi connectivity index (χ3n) is 2.04. The molecule has 1 rings (SSSR count). The lowest BCUT2D eigenvalue weighted by Crippen LogP contribution is -2.00. The standard InChI is InChI=1S/C10H12O4/c1-5-7(12)4-8(13)9(6(2)11)10(5)14-3/h4,12-13H,1-3H3. The minimum Gasteiger partial charge on any atom is -0.507 e. The molecule has 4 heteroatoms. The maximum Gasteiger partial charge on any atom is 0.167 e. The molecule has 2 N–H and O–H groups in total. The summed E-state index contributed by atoms with van der Waals surface area (Å²) in [6, 6.07) is 1.13. The smallest absolute Gasteiger partial charge is 0.167 e. The van der Waals surface area contributed by atoms with E-state index < -0.39 is 0 Å². The zero-order chi connectivity index (χ0) is 10.9. The molecule has 0 spiro atoms. The average molecular weight is 196 g/mol. The van der Waals surface area contributed by atoms with E-state index in [1.54, 1.807) is 6.92 Å². The van der Waals surface area contributed by atoms with Gasteiger partial charge in [0.1, 0.15) is 22.8 Å². The first-order valence-corrected chi connectivity index (χ1v) is 4.09. The van der Waals surface area contributed by atoms with Crippen LogP contribution >= 0.6 is 0 Å². The van der Waals surface area contributed by atoms with E-state index in [9.17, 15) is 15.0 Å². The Morgan fingerprint density at radius 2 is 1.93 bits per heavy atom. The van der Waals surface area contributed by atoms with E-state index in [4.69, 9.17) is 4.74 Å². The maximum atomic E-state index is 11.2. The lowest BCUT2D eigenvalue weighted by molar-refractivity contribution is 0.101. The Morgan fingerprint density at radius 3 is 2.36 bits per heavy atom. The van der Waals surface area contributed by atoms with Gasteiger partial charge in [0.25, 0.3) is 0 Å². The molecular formula is C10H12O4. The van der Waals surface area contributed by atoms with Gasteiger partial charge in [-0.05, 0) is 13.8 Å². The van der Waals surface area contributed by atoms with Gasteiger partial charge in [-0.1, -0.05) is 0 Å². The molecule has 0 aliphatic carbocycles. The van der Waals surface area contributed by atoms with Crippen molar-refractivity contribution in [1.82, 2.24) is 0 Å². The van der Waals surface area contributed by atoms with Gasteiger partial charge in [0.05, 0.1) is 7.11 Å². The summed E-state index contributed by atoms with van der Waals surface area (Å²) in [6.07, 6.45) is 0. The van der Waals surface area contributed by atoms with Crippen molar-refractivity contribution in [1.29, 1.82) is 0 Å². The van der Waals surface area contributed by atoms with Gasteiger partial charge in [-0.3, -0.25) is 4.79 Å². The summed E-state index contributed by atoms with van der Waals surface area (Å²) in [6.45, 7) is 2.94. The highest BCUT2D eigenvalue weighted by atomic mass is 16.5. The highest BCUT2D eigenvalue weighted by Crippen LogP contribution is 2.37. The molecule has 0 fully saturated rings. The minimum absolute atomic E-state index is 0.0932. The molecule has 0 heterocycles. The van der Waals surface area contributed by atoms with Gasteiger partial charge < -0.3 is 14.9 Å². The number of rotatable bonds is 2. The summed E-state index contributed by atoms with van der Waals surface area (Å²) in [5.41, 5.74) is 0.540. The van der Waals surface area contributed by atoms with Gasteiger partial charge in [0.15, 0.2) is 5.78 Å². The highest BCUT2D eigenvalue weighted by molar-refractivity contribution is 6.00. The number of phenolic OH excluding ortho intramolecular Hbond substituents is 2. The lowest BCUT2D eigenvalue weighted by Gasteiger charge is -2.12. The summed E-state index contributed by atoms with van der Waals surface area (Å²) < 4.78 is 4.96. The molecular weight excluding hydrogens is 184 g/mol. The number of methoxy groups -OCH3 is 1. The van der Waals surface area contributed by atoms with Crippen molar-refractivity contribution in [3.63, 3.8) is 0 Å². The van der Waals surface area contributed by atoms with Crippen LogP contribution in [-0.4, -0.2) is 23.1 Å². The molecule has 0 radical (unpaired) electrons. The van der Waals surface area contributed by atoms with Gasteiger partial charge >= 0.3 is 0 Å². The number of phenols is 2. The first-order valence-electron chi connectivity index (χ1n) is 4.09. The molecule has 0 aliphatic heterocycles. The second-order valence-electron chi connectivity index (χ2n) is 3.00. The van der Waals surface area contributed by atoms with Crippen molar-refractivity contribution in [3.8, 4) is 17.2 Å². The van der Waals surface area contributed by atoms with Gasteiger partial charge in [-0.15, -0.1) is 0 Å². The Bertz CT molecular complexity index is 382. The number of ether oxygens (including phenoxy) is 1. The second kappa shape index (κ2) is 3.57. The Labute approximate surface area is 81.8 Å². The molecule has 0 atom stereocenters. The fraction of sp³-hybridized carbons (Fsp3) is 0.300. The average Bonchev–Trinajstić information content (AvgIpc) is 2.09.